The molecule has 3 heterocycles. The van der Waals surface area contributed by atoms with E-state index in [1.54, 1.807) is 30.7 Å². The Morgan fingerprint density at radius 2 is 2.21 bits per heavy atom. The van der Waals surface area contributed by atoms with Gasteiger partial charge in [0.05, 0.1) is 12.4 Å². The maximum Gasteiger partial charge on any atom is 0.245 e. The number of hydrogen-bond donors (Lipinski definition) is 3. The maximum absolute atomic E-state index is 12.7. The van der Waals surface area contributed by atoms with E-state index in [9.17, 15) is 9.50 Å². The molecule has 0 bridgehead atoms. The first-order valence-corrected chi connectivity index (χ1v) is 9.23. The quantitative estimate of drug-likeness (QED) is 0.599. The number of hydrogen-bond acceptors (Lipinski definition) is 7. The lowest BCUT2D eigenvalue weighted by Crippen LogP contribution is -2.39. The minimum absolute atomic E-state index is 0.105. The second kappa shape index (κ2) is 7.89. The van der Waals surface area contributed by atoms with Gasteiger partial charge in [-0.05, 0) is 31.0 Å². The van der Waals surface area contributed by atoms with E-state index in [4.69, 9.17) is 0 Å². The van der Waals surface area contributed by atoms with Crippen molar-refractivity contribution in [3.63, 3.8) is 0 Å². The lowest BCUT2D eigenvalue weighted by molar-refractivity contribution is 0.365. The lowest BCUT2D eigenvalue weighted by atomic mass is 10.0. The Morgan fingerprint density at radius 1 is 1.32 bits per heavy atom. The van der Waals surface area contributed by atoms with Crippen molar-refractivity contribution < 1.29 is 9.50 Å². The summed E-state index contributed by atoms with van der Waals surface area (Å²) in [4.78, 5) is 6.44. The fraction of sp³-hybridized carbons (Fsp3) is 0.368. The summed E-state index contributed by atoms with van der Waals surface area (Å²) in [5.41, 5.74) is 2.81. The molecule has 0 spiro atoms. The molecule has 8 nitrogen and oxygen atoms in total. The van der Waals surface area contributed by atoms with Gasteiger partial charge in [0, 0.05) is 42.5 Å². The fourth-order valence-corrected chi connectivity index (χ4v) is 3.40. The second-order valence-corrected chi connectivity index (χ2v) is 7.02. The summed E-state index contributed by atoms with van der Waals surface area (Å²) < 4.78 is 12.7. The Bertz CT molecular complexity index is 917. The highest BCUT2D eigenvalue weighted by Gasteiger charge is 2.25. The van der Waals surface area contributed by atoms with E-state index >= 15 is 0 Å². The number of phenolic OH excluding ortho intramolecular Hbond substituents is 1. The number of nitrogens with one attached hydrogen (secondary N) is 2. The predicted octanol–water partition coefficient (Wildman–Crippen LogP) is 2.16. The average molecular weight is 383 g/mol. The molecule has 2 aromatic heterocycles. The smallest absolute Gasteiger partial charge is 0.245 e. The van der Waals surface area contributed by atoms with Gasteiger partial charge in [0.2, 0.25) is 5.95 Å². The first-order valence-electron chi connectivity index (χ1n) is 9.23. The number of H-pyrrole nitrogens is 1. The second-order valence-electron chi connectivity index (χ2n) is 7.02. The van der Waals surface area contributed by atoms with Crippen LogP contribution < -0.4 is 10.2 Å². The topological polar surface area (TPSA) is 103 Å². The van der Waals surface area contributed by atoms with Gasteiger partial charge in [-0.3, -0.25) is 5.10 Å². The van der Waals surface area contributed by atoms with E-state index < -0.39 is 0 Å². The number of alkyl halides is 1. The normalized spacial score (nSPS) is 17.8. The van der Waals surface area contributed by atoms with Gasteiger partial charge < -0.3 is 15.3 Å². The highest BCUT2D eigenvalue weighted by Crippen LogP contribution is 2.32. The monoisotopic (exact) mass is 383 g/mol. The number of aromatic amines is 1. The number of benzene rings is 1. The van der Waals surface area contributed by atoms with Gasteiger partial charge in [0.25, 0.3) is 0 Å². The van der Waals surface area contributed by atoms with Crippen LogP contribution in [0.1, 0.15) is 13.3 Å². The van der Waals surface area contributed by atoms with Gasteiger partial charge in [-0.15, -0.1) is 10.2 Å². The van der Waals surface area contributed by atoms with Crippen LogP contribution in [0.3, 0.4) is 0 Å². The van der Waals surface area contributed by atoms with Gasteiger partial charge in [-0.2, -0.15) is 5.10 Å². The molecule has 9 heteroatoms. The van der Waals surface area contributed by atoms with Crippen LogP contribution in [-0.4, -0.2) is 62.3 Å². The number of rotatable bonds is 6. The standard InChI is InChI=1S/C19H22FN7O/c1-12(7-20)24-15-4-5-27(11-15)19-21-10-17(25-26-19)16-3-2-13(6-18(16)28)14-8-22-23-9-14/h2-3,6,8-10,12,15,24,28H,4-5,7,11H2,1H3,(H,22,23)/t12-,15+/m1/s1. The molecule has 3 aromatic rings. The summed E-state index contributed by atoms with van der Waals surface area (Å²) in [5, 5.41) is 28.8. The molecule has 0 radical (unpaired) electrons. The molecule has 0 amide bonds. The Kier molecular flexibility index (Phi) is 5.16. The zero-order chi connectivity index (χ0) is 19.5. The zero-order valence-electron chi connectivity index (χ0n) is 15.5. The van der Waals surface area contributed by atoms with E-state index in [0.29, 0.717) is 17.2 Å². The van der Waals surface area contributed by atoms with E-state index in [0.717, 1.165) is 30.6 Å². The highest BCUT2D eigenvalue weighted by molar-refractivity contribution is 5.73. The van der Waals surface area contributed by atoms with Crippen molar-refractivity contribution in [2.45, 2.75) is 25.4 Å². The molecule has 1 aliphatic heterocycles. The Hall–Kier alpha value is -3.07. The molecule has 0 saturated carbocycles. The molecular formula is C19H22FN7O. The molecule has 2 atom stereocenters. The zero-order valence-corrected chi connectivity index (χ0v) is 15.5. The molecule has 28 heavy (non-hydrogen) atoms. The average Bonchev–Trinajstić information content (AvgIpc) is 3.40. The highest BCUT2D eigenvalue weighted by atomic mass is 19.1. The Morgan fingerprint density at radius 3 is 2.89 bits per heavy atom. The Labute approximate surface area is 161 Å². The number of halogens is 1. The molecule has 3 N–H and O–H groups in total. The summed E-state index contributed by atoms with van der Waals surface area (Å²) in [6.07, 6.45) is 5.97. The summed E-state index contributed by atoms with van der Waals surface area (Å²) in [6.45, 7) is 2.96. The summed E-state index contributed by atoms with van der Waals surface area (Å²) >= 11 is 0. The van der Waals surface area contributed by atoms with Crippen molar-refractivity contribution in [3.8, 4) is 28.1 Å². The Balaban J connectivity index is 1.47. The van der Waals surface area contributed by atoms with Crippen LogP contribution in [0, 0.1) is 0 Å². The van der Waals surface area contributed by atoms with Crippen LogP contribution >= 0.6 is 0 Å². The van der Waals surface area contributed by atoms with Gasteiger partial charge in [-0.1, -0.05) is 6.07 Å². The van der Waals surface area contributed by atoms with Gasteiger partial charge in [0.15, 0.2) is 0 Å². The first-order chi connectivity index (χ1) is 13.6. The van der Waals surface area contributed by atoms with E-state index in [1.165, 1.54) is 0 Å². The molecule has 0 aliphatic carbocycles. The predicted molar refractivity (Wildman–Crippen MR) is 104 cm³/mol. The molecule has 1 saturated heterocycles. The first kappa shape index (κ1) is 18.3. The van der Waals surface area contributed by atoms with Crippen LogP contribution in [0.15, 0.2) is 36.8 Å². The largest absolute Gasteiger partial charge is 0.507 e. The number of aromatic hydroxyl groups is 1. The van der Waals surface area contributed by atoms with Crippen molar-refractivity contribution in [2.75, 3.05) is 24.7 Å². The van der Waals surface area contributed by atoms with E-state index in [-0.39, 0.29) is 24.5 Å². The molecule has 4 rings (SSSR count). The van der Waals surface area contributed by atoms with Crippen LogP contribution in [0.5, 0.6) is 5.75 Å². The summed E-state index contributed by atoms with van der Waals surface area (Å²) in [5.74, 6) is 0.642. The summed E-state index contributed by atoms with van der Waals surface area (Å²) in [7, 11) is 0. The summed E-state index contributed by atoms with van der Waals surface area (Å²) in [6, 6.07) is 5.40. The van der Waals surface area contributed by atoms with Crippen molar-refractivity contribution in [1.82, 2.24) is 30.7 Å². The molecular weight excluding hydrogens is 361 g/mol. The van der Waals surface area contributed by atoms with Crippen LogP contribution in [0.4, 0.5) is 10.3 Å². The number of nitrogens with zero attached hydrogens (tertiary/aromatic N) is 5. The third-order valence-electron chi connectivity index (χ3n) is 4.88. The van der Waals surface area contributed by atoms with Crippen molar-refractivity contribution in [3.05, 3.63) is 36.8 Å². The van der Waals surface area contributed by atoms with Crippen molar-refractivity contribution >= 4 is 5.95 Å². The number of aromatic nitrogens is 5. The van der Waals surface area contributed by atoms with Gasteiger partial charge in [0.1, 0.15) is 18.1 Å². The van der Waals surface area contributed by atoms with E-state index in [1.807, 2.05) is 17.9 Å². The van der Waals surface area contributed by atoms with Crippen molar-refractivity contribution in [2.24, 2.45) is 0 Å². The maximum atomic E-state index is 12.7. The molecule has 146 valence electrons. The van der Waals surface area contributed by atoms with Crippen molar-refractivity contribution in [1.29, 1.82) is 0 Å². The molecule has 1 aromatic carbocycles. The minimum atomic E-state index is -0.383. The van der Waals surface area contributed by atoms with Crippen LogP contribution in [0.25, 0.3) is 22.4 Å². The molecule has 1 aliphatic rings. The van der Waals surface area contributed by atoms with Gasteiger partial charge >= 0.3 is 0 Å². The lowest BCUT2D eigenvalue weighted by Gasteiger charge is -2.18. The SMILES string of the molecule is C[C@H](CF)N[C@H]1CCN(c2ncc(-c3ccc(-c4cn[nH]c4)cc3O)nn2)C1. The molecule has 0 unspecified atom stereocenters. The third kappa shape index (κ3) is 3.79. The van der Waals surface area contributed by atoms with Crippen LogP contribution in [0.2, 0.25) is 0 Å². The molecule has 1 fully saturated rings. The number of phenols is 1. The van der Waals surface area contributed by atoms with Gasteiger partial charge in [-0.25, -0.2) is 9.37 Å². The van der Waals surface area contributed by atoms with Crippen LogP contribution in [-0.2, 0) is 0 Å². The number of anilines is 1. The fourth-order valence-electron chi connectivity index (χ4n) is 3.40. The minimum Gasteiger partial charge on any atom is -0.507 e. The van der Waals surface area contributed by atoms with E-state index in [2.05, 4.69) is 30.7 Å². The third-order valence-corrected chi connectivity index (χ3v) is 4.88.